The number of aliphatic hydroxyl groups excluding tert-OH is 1. The maximum Gasteiger partial charge on any atom is 0.387 e. The minimum atomic E-state index is -3.01. The van der Waals surface area contributed by atoms with Crippen LogP contribution in [-0.4, -0.2) is 75.8 Å². The molecule has 3 aromatic rings. The molecule has 1 unspecified atom stereocenters. The summed E-state index contributed by atoms with van der Waals surface area (Å²) in [5, 5.41) is 16.0. The second kappa shape index (κ2) is 12.7. The van der Waals surface area contributed by atoms with E-state index in [1.165, 1.54) is 29.3 Å². The highest BCUT2D eigenvalue weighted by Crippen LogP contribution is 2.30. The van der Waals surface area contributed by atoms with E-state index >= 15 is 0 Å². The van der Waals surface area contributed by atoms with Crippen molar-refractivity contribution < 1.29 is 33.0 Å². The summed E-state index contributed by atoms with van der Waals surface area (Å²) in [6, 6.07) is 6.60. The topological polar surface area (TPSA) is 139 Å². The smallest absolute Gasteiger partial charge is 0.387 e. The zero-order valence-corrected chi connectivity index (χ0v) is 22.5. The minimum Gasteiger partial charge on any atom is -0.435 e. The predicted molar refractivity (Wildman–Crippen MR) is 144 cm³/mol. The summed E-state index contributed by atoms with van der Waals surface area (Å²) in [5.41, 5.74) is 2.12. The maximum absolute atomic E-state index is 13.2. The third-order valence-electron chi connectivity index (χ3n) is 6.74. The van der Waals surface area contributed by atoms with Crippen LogP contribution in [0.2, 0.25) is 5.02 Å². The molecule has 0 saturated carbocycles. The molecule has 1 fully saturated rings. The van der Waals surface area contributed by atoms with Crippen molar-refractivity contribution in [3.05, 3.63) is 64.6 Å². The highest BCUT2D eigenvalue weighted by atomic mass is 35.5. The average molecular weight is 589 g/mol. The number of alkyl halides is 2. The van der Waals surface area contributed by atoms with E-state index in [9.17, 15) is 23.5 Å². The molecule has 2 aromatic heterocycles. The fourth-order valence-electron chi connectivity index (χ4n) is 4.70. The summed E-state index contributed by atoms with van der Waals surface area (Å²) in [6.45, 7) is -2.38. The van der Waals surface area contributed by atoms with Crippen molar-refractivity contribution in [1.82, 2.24) is 25.2 Å². The van der Waals surface area contributed by atoms with Crippen molar-refractivity contribution in [3.8, 4) is 17.0 Å². The monoisotopic (exact) mass is 588 g/mol. The quantitative estimate of drug-likeness (QED) is 0.326. The van der Waals surface area contributed by atoms with Crippen LogP contribution in [0.1, 0.15) is 40.5 Å². The molecule has 1 saturated heterocycles. The van der Waals surface area contributed by atoms with Crippen molar-refractivity contribution in [2.24, 2.45) is 0 Å². The summed E-state index contributed by atoms with van der Waals surface area (Å²) in [4.78, 5) is 40.5. The fraction of sp³-hybridized carbons (Fsp3) is 0.370. The van der Waals surface area contributed by atoms with Gasteiger partial charge in [-0.1, -0.05) is 23.7 Å². The SMILES string of the molecule is O=C(CN1Cc2ncc(-c3nc(NC4CCOCC4)ncc3Cl)cc2C1=O)NC(CO)c1cccc(OC(F)F)c1. The molecule has 11 nitrogen and oxygen atoms in total. The number of nitrogens with one attached hydrogen (secondary N) is 2. The van der Waals surface area contributed by atoms with E-state index in [1.807, 2.05) is 0 Å². The van der Waals surface area contributed by atoms with Crippen LogP contribution < -0.4 is 15.4 Å². The van der Waals surface area contributed by atoms with Gasteiger partial charge in [0.1, 0.15) is 12.3 Å². The molecule has 1 aromatic carbocycles. The van der Waals surface area contributed by atoms with Gasteiger partial charge >= 0.3 is 6.61 Å². The van der Waals surface area contributed by atoms with Crippen molar-refractivity contribution in [1.29, 1.82) is 0 Å². The number of carbonyl (C=O) groups excluding carboxylic acids is 2. The predicted octanol–water partition coefficient (Wildman–Crippen LogP) is 3.19. The fourth-order valence-corrected chi connectivity index (χ4v) is 4.90. The van der Waals surface area contributed by atoms with E-state index in [0.717, 1.165) is 12.8 Å². The largest absolute Gasteiger partial charge is 0.435 e. The Balaban J connectivity index is 1.25. The number of carbonyl (C=O) groups is 2. The summed E-state index contributed by atoms with van der Waals surface area (Å²) in [7, 11) is 0. The van der Waals surface area contributed by atoms with Crippen LogP contribution in [-0.2, 0) is 16.1 Å². The Morgan fingerprint density at radius 1 is 1.22 bits per heavy atom. The van der Waals surface area contributed by atoms with E-state index in [0.29, 0.717) is 52.3 Å². The number of rotatable bonds is 10. The molecule has 0 spiro atoms. The van der Waals surface area contributed by atoms with Crippen LogP contribution in [0.5, 0.6) is 5.75 Å². The molecule has 216 valence electrons. The Morgan fingerprint density at radius 3 is 2.78 bits per heavy atom. The molecule has 5 rings (SSSR count). The molecule has 3 N–H and O–H groups in total. The lowest BCUT2D eigenvalue weighted by molar-refractivity contribution is -0.122. The Kier molecular flexibility index (Phi) is 8.86. The number of aliphatic hydroxyl groups is 1. The first-order valence-electron chi connectivity index (χ1n) is 12.9. The summed E-state index contributed by atoms with van der Waals surface area (Å²) in [6.07, 6.45) is 4.72. The zero-order valence-electron chi connectivity index (χ0n) is 21.7. The van der Waals surface area contributed by atoms with Gasteiger partial charge in [-0.25, -0.2) is 9.97 Å². The lowest BCUT2D eigenvalue weighted by Crippen LogP contribution is -2.40. The van der Waals surface area contributed by atoms with Crippen molar-refractivity contribution in [2.75, 3.05) is 31.7 Å². The second-order valence-corrected chi connectivity index (χ2v) is 9.96. The molecule has 4 heterocycles. The number of hydrogen-bond donors (Lipinski definition) is 3. The number of amides is 2. The van der Waals surface area contributed by atoms with Crippen LogP contribution in [0, 0.1) is 0 Å². The summed E-state index contributed by atoms with van der Waals surface area (Å²) >= 11 is 6.39. The van der Waals surface area contributed by atoms with Crippen LogP contribution >= 0.6 is 11.6 Å². The first kappa shape index (κ1) is 28.6. The van der Waals surface area contributed by atoms with Gasteiger partial charge in [-0.3, -0.25) is 14.6 Å². The molecular formula is C27H27ClF2N6O5. The standard InChI is InChI=1S/C27H27ClF2N6O5/c28-20-11-32-27(33-17-4-6-40-7-5-17)35-24(20)16-9-19-21(31-10-16)12-36(25(19)39)13-23(38)34-22(14-37)15-2-1-3-18(8-15)41-26(29)30/h1-3,8-11,17,22,26,37H,4-7,12-14H2,(H,34,38)(H,32,33,35). The van der Waals surface area contributed by atoms with Crippen molar-refractivity contribution >= 4 is 29.4 Å². The van der Waals surface area contributed by atoms with E-state index in [-0.39, 0.29) is 24.9 Å². The van der Waals surface area contributed by atoms with E-state index < -0.39 is 31.1 Å². The molecule has 41 heavy (non-hydrogen) atoms. The average Bonchev–Trinajstić information content (AvgIpc) is 3.27. The number of anilines is 1. The van der Waals surface area contributed by atoms with E-state index in [1.54, 1.807) is 18.3 Å². The maximum atomic E-state index is 13.2. The Bertz CT molecular complexity index is 1420. The van der Waals surface area contributed by atoms with Gasteiger partial charge < -0.3 is 30.1 Å². The molecule has 14 heteroatoms. The normalized spacial score (nSPS) is 16.0. The lowest BCUT2D eigenvalue weighted by atomic mass is 10.1. The molecule has 2 aliphatic rings. The van der Waals surface area contributed by atoms with Gasteiger partial charge in [-0.15, -0.1) is 0 Å². The molecule has 1 atom stereocenters. The summed E-state index contributed by atoms with van der Waals surface area (Å²) in [5.74, 6) is -0.643. The molecular weight excluding hydrogens is 562 g/mol. The zero-order chi connectivity index (χ0) is 28.9. The molecule has 0 aliphatic carbocycles. The van der Waals surface area contributed by atoms with Crippen LogP contribution in [0.4, 0.5) is 14.7 Å². The van der Waals surface area contributed by atoms with Gasteiger partial charge in [0, 0.05) is 31.0 Å². The van der Waals surface area contributed by atoms with Crippen molar-refractivity contribution in [2.45, 2.75) is 38.1 Å². The third kappa shape index (κ3) is 6.87. The van der Waals surface area contributed by atoms with Gasteiger partial charge in [0.15, 0.2) is 0 Å². The first-order valence-corrected chi connectivity index (χ1v) is 13.3. The summed E-state index contributed by atoms with van der Waals surface area (Å²) < 4.78 is 34.9. The number of benzene rings is 1. The number of ether oxygens (including phenoxy) is 2. The third-order valence-corrected chi connectivity index (χ3v) is 7.02. The number of halogens is 3. The van der Waals surface area contributed by atoms with Gasteiger partial charge in [-0.05, 0) is 36.6 Å². The first-order chi connectivity index (χ1) is 19.8. The number of nitrogens with zero attached hydrogens (tertiary/aromatic N) is 4. The lowest BCUT2D eigenvalue weighted by Gasteiger charge is -2.23. The highest BCUT2D eigenvalue weighted by Gasteiger charge is 2.31. The second-order valence-electron chi connectivity index (χ2n) is 9.55. The van der Waals surface area contributed by atoms with Crippen LogP contribution in [0.25, 0.3) is 11.3 Å². The van der Waals surface area contributed by atoms with Gasteiger partial charge in [0.05, 0.1) is 47.4 Å². The van der Waals surface area contributed by atoms with Crippen molar-refractivity contribution in [3.63, 3.8) is 0 Å². The Morgan fingerprint density at radius 2 is 2.02 bits per heavy atom. The number of hydrogen-bond acceptors (Lipinski definition) is 9. The van der Waals surface area contributed by atoms with Crippen LogP contribution in [0.3, 0.4) is 0 Å². The Hall–Kier alpha value is -3.94. The number of fused-ring (bicyclic) bond motifs is 1. The molecule has 2 aliphatic heterocycles. The number of pyridine rings is 1. The van der Waals surface area contributed by atoms with Gasteiger partial charge in [0.25, 0.3) is 5.91 Å². The van der Waals surface area contributed by atoms with E-state index in [2.05, 4.69) is 30.3 Å². The Labute approximate surface area is 238 Å². The van der Waals surface area contributed by atoms with Crippen LogP contribution in [0.15, 0.2) is 42.7 Å². The minimum absolute atomic E-state index is 0.104. The van der Waals surface area contributed by atoms with Gasteiger partial charge in [0.2, 0.25) is 11.9 Å². The highest BCUT2D eigenvalue weighted by molar-refractivity contribution is 6.32. The van der Waals surface area contributed by atoms with E-state index in [4.69, 9.17) is 16.3 Å². The molecule has 2 amide bonds. The molecule has 0 bridgehead atoms. The molecule has 0 radical (unpaired) electrons. The van der Waals surface area contributed by atoms with Gasteiger partial charge in [-0.2, -0.15) is 8.78 Å². The number of aromatic nitrogens is 3.